The molecule has 162 valence electrons. The van der Waals surface area contributed by atoms with Crippen molar-refractivity contribution in [3.05, 3.63) is 82.9 Å². The molecule has 4 rings (SSSR count). The number of fused-ring (bicyclic) bond motifs is 1. The van der Waals surface area contributed by atoms with Crippen LogP contribution in [0, 0.1) is 6.92 Å². The van der Waals surface area contributed by atoms with Gasteiger partial charge >= 0.3 is 5.97 Å². The second-order valence-electron chi connectivity index (χ2n) is 7.35. The van der Waals surface area contributed by atoms with E-state index in [4.69, 9.17) is 16.3 Å². The van der Waals surface area contributed by atoms with E-state index in [2.05, 4.69) is 15.3 Å². The van der Waals surface area contributed by atoms with E-state index in [1.54, 1.807) is 43.3 Å². The number of carbonyl (C=O) groups is 2. The number of nitrogens with one attached hydrogen (secondary N) is 2. The largest absolute Gasteiger partial charge is 0.449 e. The Hall–Kier alpha value is -3.64. The van der Waals surface area contributed by atoms with Crippen LogP contribution < -0.4 is 5.32 Å². The summed E-state index contributed by atoms with van der Waals surface area (Å²) in [7, 11) is 0. The lowest BCUT2D eigenvalue weighted by Gasteiger charge is -2.18. The quantitative estimate of drug-likeness (QED) is 0.368. The number of halogens is 1. The fraction of sp³-hybridized carbons (Fsp3) is 0.160. The summed E-state index contributed by atoms with van der Waals surface area (Å²) in [4.78, 5) is 33.6. The van der Waals surface area contributed by atoms with Gasteiger partial charge in [-0.05, 0) is 49.2 Å². The van der Waals surface area contributed by atoms with Crippen molar-refractivity contribution in [2.24, 2.45) is 0 Å². The number of rotatable bonds is 6. The number of carbonyl (C=O) groups excluding carboxylic acids is 2. The third-order valence-corrected chi connectivity index (χ3v) is 5.64. The lowest BCUT2D eigenvalue weighted by molar-refractivity contribution is -0.124. The normalized spacial score (nSPS) is 11.8. The van der Waals surface area contributed by atoms with Crippen molar-refractivity contribution < 1.29 is 14.3 Å². The molecular weight excluding hydrogens is 426 g/mol. The Bertz CT molecular complexity index is 1270. The monoisotopic (exact) mass is 447 g/mol. The highest BCUT2D eigenvalue weighted by Crippen LogP contribution is 2.26. The molecule has 1 aromatic heterocycles. The summed E-state index contributed by atoms with van der Waals surface area (Å²) in [5, 5.41) is 3.35. The van der Waals surface area contributed by atoms with E-state index in [1.165, 1.54) is 0 Å². The molecule has 32 heavy (non-hydrogen) atoms. The summed E-state index contributed by atoms with van der Waals surface area (Å²) in [5.74, 6) is -0.441. The van der Waals surface area contributed by atoms with Crippen LogP contribution in [0.3, 0.4) is 0 Å². The Morgan fingerprint density at radius 3 is 2.59 bits per heavy atom. The second-order valence-corrected chi connectivity index (χ2v) is 7.76. The van der Waals surface area contributed by atoms with Crippen LogP contribution in [0.5, 0.6) is 0 Å². The van der Waals surface area contributed by atoms with Gasteiger partial charge in [0.05, 0.1) is 16.6 Å². The number of nitrogens with zero attached hydrogens (tertiary/aromatic N) is 1. The molecule has 0 saturated heterocycles. The van der Waals surface area contributed by atoms with Crippen LogP contribution in [0.1, 0.15) is 29.3 Å². The van der Waals surface area contributed by atoms with E-state index in [-0.39, 0.29) is 0 Å². The van der Waals surface area contributed by atoms with Crippen LogP contribution in [0.15, 0.2) is 66.7 Å². The molecule has 0 radical (unpaired) electrons. The zero-order chi connectivity index (χ0) is 22.7. The van der Waals surface area contributed by atoms with Gasteiger partial charge in [-0.3, -0.25) is 4.79 Å². The van der Waals surface area contributed by atoms with Gasteiger partial charge in [-0.2, -0.15) is 0 Å². The SMILES string of the molecule is CCC(OC(=O)c1ccccc1-c1nc2ccccc2[nH]1)C(=O)Nc1cccc(Cl)c1C. The standard InChI is InChI=1S/C25H22ClN3O3/c1-3-22(24(30)29-19-14-8-11-18(26)15(19)2)32-25(31)17-10-5-4-9-16(17)23-27-20-12-6-7-13-21(20)28-23/h4-14,22H,3H2,1-2H3,(H,27,28)(H,29,30). The van der Waals surface area contributed by atoms with Crippen LogP contribution >= 0.6 is 11.6 Å². The number of esters is 1. The Labute approximate surface area is 190 Å². The van der Waals surface area contributed by atoms with Crippen LogP contribution in [-0.4, -0.2) is 27.9 Å². The van der Waals surface area contributed by atoms with Gasteiger partial charge in [0.2, 0.25) is 0 Å². The molecule has 4 aromatic rings. The Balaban J connectivity index is 1.56. The van der Waals surface area contributed by atoms with E-state index in [0.717, 1.165) is 16.6 Å². The van der Waals surface area contributed by atoms with Gasteiger partial charge in [-0.15, -0.1) is 0 Å². The second kappa shape index (κ2) is 9.24. The van der Waals surface area contributed by atoms with Crippen molar-refractivity contribution in [2.45, 2.75) is 26.4 Å². The first-order chi connectivity index (χ1) is 15.5. The Morgan fingerprint density at radius 2 is 1.81 bits per heavy atom. The Morgan fingerprint density at radius 1 is 1.06 bits per heavy atom. The number of hydrogen-bond acceptors (Lipinski definition) is 4. The van der Waals surface area contributed by atoms with Crippen molar-refractivity contribution in [2.75, 3.05) is 5.32 Å². The van der Waals surface area contributed by atoms with Gasteiger partial charge in [-0.25, -0.2) is 9.78 Å². The van der Waals surface area contributed by atoms with E-state index >= 15 is 0 Å². The minimum atomic E-state index is -0.954. The van der Waals surface area contributed by atoms with Gasteiger partial charge in [0.15, 0.2) is 6.10 Å². The smallest absolute Gasteiger partial charge is 0.339 e. The third-order valence-electron chi connectivity index (χ3n) is 5.23. The van der Waals surface area contributed by atoms with Gasteiger partial charge in [-0.1, -0.05) is 54.9 Å². The molecule has 0 bridgehead atoms. The van der Waals surface area contributed by atoms with Crippen LogP contribution in [0.2, 0.25) is 5.02 Å². The first-order valence-corrected chi connectivity index (χ1v) is 10.7. The maximum Gasteiger partial charge on any atom is 0.339 e. The van der Waals surface area contributed by atoms with Crippen molar-refractivity contribution in [1.29, 1.82) is 0 Å². The molecule has 0 fully saturated rings. The lowest BCUT2D eigenvalue weighted by atomic mass is 10.1. The maximum absolute atomic E-state index is 13.0. The summed E-state index contributed by atoms with van der Waals surface area (Å²) < 4.78 is 5.60. The average molecular weight is 448 g/mol. The summed E-state index contributed by atoms with van der Waals surface area (Å²) in [5.41, 5.74) is 3.94. The van der Waals surface area contributed by atoms with Crippen molar-refractivity contribution in [1.82, 2.24) is 9.97 Å². The highest BCUT2D eigenvalue weighted by atomic mass is 35.5. The molecule has 6 nitrogen and oxygen atoms in total. The van der Waals surface area contributed by atoms with E-state index in [1.807, 2.05) is 37.3 Å². The van der Waals surface area contributed by atoms with Gasteiger partial charge in [0.25, 0.3) is 5.91 Å². The highest BCUT2D eigenvalue weighted by Gasteiger charge is 2.25. The number of aromatic nitrogens is 2. The predicted molar refractivity (Wildman–Crippen MR) is 126 cm³/mol. The molecule has 0 aliphatic rings. The lowest BCUT2D eigenvalue weighted by Crippen LogP contribution is -2.32. The summed E-state index contributed by atoms with van der Waals surface area (Å²) in [6.07, 6.45) is -0.631. The van der Waals surface area contributed by atoms with Crippen LogP contribution in [0.4, 0.5) is 5.69 Å². The summed E-state index contributed by atoms with van der Waals surface area (Å²) in [6, 6.07) is 19.9. The van der Waals surface area contributed by atoms with Crippen molar-refractivity contribution in [3.8, 4) is 11.4 Å². The van der Waals surface area contributed by atoms with Gasteiger partial charge < -0.3 is 15.0 Å². The van der Waals surface area contributed by atoms with Crippen molar-refractivity contribution >= 4 is 40.2 Å². The first-order valence-electron chi connectivity index (χ1n) is 10.3. The minimum absolute atomic E-state index is 0.323. The number of benzene rings is 3. The number of imidazole rings is 1. The molecule has 7 heteroatoms. The zero-order valence-electron chi connectivity index (χ0n) is 17.7. The van der Waals surface area contributed by atoms with Crippen LogP contribution in [0.25, 0.3) is 22.4 Å². The molecule has 0 saturated carbocycles. The van der Waals surface area contributed by atoms with E-state index < -0.39 is 18.0 Å². The molecule has 0 aliphatic heterocycles. The van der Waals surface area contributed by atoms with E-state index in [0.29, 0.717) is 34.1 Å². The number of hydrogen-bond donors (Lipinski definition) is 2. The number of anilines is 1. The molecule has 3 aromatic carbocycles. The molecule has 1 heterocycles. The summed E-state index contributed by atoms with van der Waals surface area (Å²) >= 11 is 6.13. The van der Waals surface area contributed by atoms with Crippen molar-refractivity contribution in [3.63, 3.8) is 0 Å². The third kappa shape index (κ3) is 4.36. The average Bonchev–Trinajstić information content (AvgIpc) is 3.24. The molecule has 0 spiro atoms. The number of amides is 1. The van der Waals surface area contributed by atoms with Gasteiger partial charge in [0.1, 0.15) is 5.82 Å². The van der Waals surface area contributed by atoms with Gasteiger partial charge in [0, 0.05) is 16.3 Å². The molecule has 0 aliphatic carbocycles. The fourth-order valence-corrected chi connectivity index (χ4v) is 3.59. The van der Waals surface area contributed by atoms with E-state index in [9.17, 15) is 9.59 Å². The number of para-hydroxylation sites is 2. The Kier molecular flexibility index (Phi) is 6.23. The highest BCUT2D eigenvalue weighted by molar-refractivity contribution is 6.31. The number of ether oxygens (including phenoxy) is 1. The topological polar surface area (TPSA) is 84.1 Å². The summed E-state index contributed by atoms with van der Waals surface area (Å²) in [6.45, 7) is 3.60. The molecular formula is C25H22ClN3O3. The molecule has 2 N–H and O–H groups in total. The molecule has 1 atom stereocenters. The number of aromatic amines is 1. The maximum atomic E-state index is 13.0. The minimum Gasteiger partial charge on any atom is -0.449 e. The van der Waals surface area contributed by atoms with Crippen LogP contribution in [-0.2, 0) is 9.53 Å². The predicted octanol–water partition coefficient (Wildman–Crippen LogP) is 5.77. The molecule has 1 unspecified atom stereocenters. The fourth-order valence-electron chi connectivity index (χ4n) is 3.42. The number of H-pyrrole nitrogens is 1. The zero-order valence-corrected chi connectivity index (χ0v) is 18.4. The first kappa shape index (κ1) is 21.6. The molecule has 1 amide bonds.